The summed E-state index contributed by atoms with van der Waals surface area (Å²) in [4.78, 5) is 17.3. The van der Waals surface area contributed by atoms with Gasteiger partial charge in [0.25, 0.3) is 0 Å². The van der Waals surface area contributed by atoms with Crippen molar-refractivity contribution >= 4 is 17.5 Å². The van der Waals surface area contributed by atoms with E-state index in [0.29, 0.717) is 11.6 Å². The molecule has 1 aliphatic rings. The second-order valence-electron chi connectivity index (χ2n) is 6.50. The molecule has 0 radical (unpaired) electrons. The number of benzene rings is 1. The van der Waals surface area contributed by atoms with Gasteiger partial charge in [0.15, 0.2) is 10.9 Å². The van der Waals surface area contributed by atoms with Crippen LogP contribution in [0.5, 0.6) is 0 Å². The summed E-state index contributed by atoms with van der Waals surface area (Å²) >= 11 is 1.51. The summed E-state index contributed by atoms with van der Waals surface area (Å²) < 4.78 is 15.4. The lowest BCUT2D eigenvalue weighted by Gasteiger charge is -2.18. The Kier molecular flexibility index (Phi) is 5.09. The molecule has 1 atom stereocenters. The van der Waals surface area contributed by atoms with Gasteiger partial charge in [0.05, 0.1) is 10.9 Å². The van der Waals surface area contributed by atoms with E-state index in [1.807, 2.05) is 13.8 Å². The van der Waals surface area contributed by atoms with Crippen molar-refractivity contribution in [2.45, 2.75) is 62.9 Å². The van der Waals surface area contributed by atoms with E-state index in [-0.39, 0.29) is 16.9 Å². The maximum Gasteiger partial charge on any atom is 0.175 e. The highest BCUT2D eigenvalue weighted by Gasteiger charge is 2.26. The summed E-state index contributed by atoms with van der Waals surface area (Å²) in [5.74, 6) is -0.314. The summed E-state index contributed by atoms with van der Waals surface area (Å²) in [6, 6.07) is 6.27. The third kappa shape index (κ3) is 3.41. The molecule has 2 aromatic rings. The lowest BCUT2D eigenvalue weighted by atomic mass is 10.1. The minimum absolute atomic E-state index is 0.0104. The number of imidazole rings is 1. The van der Waals surface area contributed by atoms with Crippen molar-refractivity contribution in [1.29, 1.82) is 0 Å². The first-order chi connectivity index (χ1) is 11.5. The van der Waals surface area contributed by atoms with Gasteiger partial charge in [-0.05, 0) is 57.9 Å². The first kappa shape index (κ1) is 17.2. The molecule has 3 rings (SSSR count). The van der Waals surface area contributed by atoms with Crippen molar-refractivity contribution in [2.24, 2.45) is 0 Å². The zero-order chi connectivity index (χ0) is 17.3. The Morgan fingerprint density at radius 2 is 1.88 bits per heavy atom. The van der Waals surface area contributed by atoms with Crippen molar-refractivity contribution < 1.29 is 9.18 Å². The molecule has 0 amide bonds. The van der Waals surface area contributed by atoms with Gasteiger partial charge in [-0.2, -0.15) is 0 Å². The Morgan fingerprint density at radius 1 is 1.25 bits per heavy atom. The van der Waals surface area contributed by atoms with Crippen LogP contribution in [-0.2, 0) is 0 Å². The van der Waals surface area contributed by atoms with Crippen LogP contribution in [0.4, 0.5) is 4.39 Å². The van der Waals surface area contributed by atoms with E-state index in [4.69, 9.17) is 4.98 Å². The molecule has 1 unspecified atom stereocenters. The summed E-state index contributed by atoms with van der Waals surface area (Å²) in [5, 5.41) is 0.677. The monoisotopic (exact) mass is 346 g/mol. The second kappa shape index (κ2) is 7.09. The molecule has 1 saturated carbocycles. The van der Waals surface area contributed by atoms with Crippen molar-refractivity contribution in [2.75, 3.05) is 0 Å². The zero-order valence-electron chi connectivity index (χ0n) is 14.4. The third-order valence-corrected chi connectivity index (χ3v) is 5.89. The maximum atomic E-state index is 13.0. The van der Waals surface area contributed by atoms with Gasteiger partial charge >= 0.3 is 0 Å². The van der Waals surface area contributed by atoms with E-state index < -0.39 is 0 Å². The van der Waals surface area contributed by atoms with Crippen LogP contribution >= 0.6 is 11.8 Å². The fraction of sp³-hybridized carbons (Fsp3) is 0.474. The minimum atomic E-state index is -0.324. The first-order valence-electron chi connectivity index (χ1n) is 8.49. The fourth-order valence-corrected chi connectivity index (χ4v) is 4.48. The van der Waals surface area contributed by atoms with Crippen molar-refractivity contribution in [3.05, 3.63) is 47.0 Å². The molecular formula is C19H23FN2OS. The minimum Gasteiger partial charge on any atom is -0.320 e. The smallest absolute Gasteiger partial charge is 0.175 e. The van der Waals surface area contributed by atoms with Crippen molar-refractivity contribution in [1.82, 2.24) is 9.55 Å². The van der Waals surface area contributed by atoms with E-state index in [1.165, 1.54) is 55.3 Å². The number of rotatable bonds is 5. The predicted molar refractivity (Wildman–Crippen MR) is 95.3 cm³/mol. The number of Topliss-reactive ketones (excluding diaryl/α,β-unsaturated/α-hetero) is 1. The number of carbonyl (C=O) groups is 1. The van der Waals surface area contributed by atoms with E-state index >= 15 is 0 Å². The van der Waals surface area contributed by atoms with Gasteiger partial charge in [-0.15, -0.1) is 0 Å². The second-order valence-corrected chi connectivity index (χ2v) is 7.81. The van der Waals surface area contributed by atoms with Gasteiger partial charge < -0.3 is 4.57 Å². The first-order valence-corrected chi connectivity index (χ1v) is 9.37. The van der Waals surface area contributed by atoms with Gasteiger partial charge in [0, 0.05) is 17.3 Å². The lowest BCUT2D eigenvalue weighted by molar-refractivity contribution is 0.0993. The number of aromatic nitrogens is 2. The molecule has 128 valence electrons. The van der Waals surface area contributed by atoms with Crippen molar-refractivity contribution in [3.8, 4) is 0 Å². The molecule has 0 bridgehead atoms. The molecule has 24 heavy (non-hydrogen) atoms. The van der Waals surface area contributed by atoms with Crippen LogP contribution in [0.2, 0.25) is 0 Å². The Hall–Kier alpha value is -1.62. The third-order valence-electron chi connectivity index (χ3n) is 4.82. The molecule has 0 saturated heterocycles. The standard InChI is InChI=1S/C19H23FN2OS/c1-12-13(2)22(17-6-4-5-7-17)19(21-12)24-14(3)18(23)15-8-10-16(20)11-9-15/h8-11,14,17H,4-7H2,1-3H3. The van der Waals surface area contributed by atoms with Crippen LogP contribution in [0, 0.1) is 19.7 Å². The molecule has 3 nitrogen and oxygen atoms in total. The quantitative estimate of drug-likeness (QED) is 0.557. The molecular weight excluding hydrogens is 323 g/mol. The molecule has 1 aliphatic carbocycles. The SMILES string of the molecule is Cc1nc(SC(C)C(=O)c2ccc(F)cc2)n(C2CCCC2)c1C. The average molecular weight is 346 g/mol. The topological polar surface area (TPSA) is 34.9 Å². The fourth-order valence-electron chi connectivity index (χ4n) is 3.33. The van der Waals surface area contributed by atoms with Gasteiger partial charge in [0.2, 0.25) is 0 Å². The molecule has 0 spiro atoms. The highest BCUT2D eigenvalue weighted by Crippen LogP contribution is 2.36. The molecule has 5 heteroatoms. The molecule has 1 aromatic heterocycles. The Morgan fingerprint density at radius 3 is 2.50 bits per heavy atom. The van der Waals surface area contributed by atoms with E-state index in [1.54, 1.807) is 12.1 Å². The zero-order valence-corrected chi connectivity index (χ0v) is 15.2. The number of halogens is 1. The summed E-state index contributed by atoms with van der Waals surface area (Å²) in [7, 11) is 0. The molecule has 1 fully saturated rings. The van der Waals surface area contributed by atoms with Gasteiger partial charge in [0.1, 0.15) is 5.82 Å². The number of aryl methyl sites for hydroxylation is 1. The number of thioether (sulfide) groups is 1. The molecule has 1 heterocycles. The highest BCUT2D eigenvalue weighted by molar-refractivity contribution is 8.00. The highest BCUT2D eigenvalue weighted by atomic mass is 32.2. The predicted octanol–water partition coefficient (Wildman–Crippen LogP) is 5.12. The number of ketones is 1. The Labute approximate surface area is 146 Å². The average Bonchev–Trinajstić information content (AvgIpc) is 3.16. The molecule has 0 aliphatic heterocycles. The summed E-state index contributed by atoms with van der Waals surface area (Å²) in [5.41, 5.74) is 2.78. The maximum absolute atomic E-state index is 13.0. The lowest BCUT2D eigenvalue weighted by Crippen LogP contribution is -2.16. The van der Waals surface area contributed by atoms with Crippen molar-refractivity contribution in [3.63, 3.8) is 0 Å². The number of carbonyl (C=O) groups excluding carboxylic acids is 1. The van der Waals surface area contributed by atoms with Crippen LogP contribution in [-0.4, -0.2) is 20.6 Å². The van der Waals surface area contributed by atoms with E-state index in [9.17, 15) is 9.18 Å². The van der Waals surface area contributed by atoms with Crippen LogP contribution < -0.4 is 0 Å². The normalized spacial score (nSPS) is 16.5. The van der Waals surface area contributed by atoms with Gasteiger partial charge in [-0.1, -0.05) is 24.6 Å². The van der Waals surface area contributed by atoms with Gasteiger partial charge in [-0.3, -0.25) is 4.79 Å². The van der Waals surface area contributed by atoms with Crippen LogP contribution in [0.1, 0.15) is 60.4 Å². The number of nitrogens with zero attached hydrogens (tertiary/aromatic N) is 2. The van der Waals surface area contributed by atoms with E-state index in [0.717, 1.165) is 10.9 Å². The summed E-state index contributed by atoms with van der Waals surface area (Å²) in [6.07, 6.45) is 4.89. The molecule has 1 aromatic carbocycles. The summed E-state index contributed by atoms with van der Waals surface area (Å²) in [6.45, 7) is 6.03. The Balaban J connectivity index is 1.81. The largest absolute Gasteiger partial charge is 0.320 e. The Bertz CT molecular complexity index is 733. The number of hydrogen-bond donors (Lipinski definition) is 0. The number of hydrogen-bond acceptors (Lipinski definition) is 3. The van der Waals surface area contributed by atoms with Crippen LogP contribution in [0.25, 0.3) is 0 Å². The van der Waals surface area contributed by atoms with Crippen LogP contribution in [0.3, 0.4) is 0 Å². The molecule has 0 N–H and O–H groups in total. The van der Waals surface area contributed by atoms with Crippen LogP contribution in [0.15, 0.2) is 29.4 Å². The van der Waals surface area contributed by atoms with E-state index in [2.05, 4.69) is 11.5 Å². The van der Waals surface area contributed by atoms with Gasteiger partial charge in [-0.25, -0.2) is 9.37 Å².